The minimum absolute atomic E-state index is 0.263. The van der Waals surface area contributed by atoms with Crippen molar-refractivity contribution >= 4 is 17.4 Å². The van der Waals surface area contributed by atoms with Crippen LogP contribution in [0.1, 0.15) is 27.0 Å². The van der Waals surface area contributed by atoms with E-state index in [0.717, 1.165) is 16.7 Å². The summed E-state index contributed by atoms with van der Waals surface area (Å²) >= 11 is 0. The number of carbonyl (C=O) groups excluding carboxylic acids is 1. The molecule has 0 fully saturated rings. The highest BCUT2D eigenvalue weighted by Crippen LogP contribution is 2.27. The first-order chi connectivity index (χ1) is 16.9. The lowest BCUT2D eigenvalue weighted by Crippen LogP contribution is -2.14. The first-order valence-electron chi connectivity index (χ1n) is 10.8. The van der Waals surface area contributed by atoms with Crippen LogP contribution in [0.15, 0.2) is 61.1 Å². The number of nitrogens with zero attached hydrogens (tertiary/aromatic N) is 3. The van der Waals surface area contributed by atoms with Gasteiger partial charge in [-0.3, -0.25) is 9.48 Å². The van der Waals surface area contributed by atoms with Crippen molar-refractivity contribution in [2.24, 2.45) is 7.05 Å². The fourth-order valence-electron chi connectivity index (χ4n) is 3.53. The third-order valence-electron chi connectivity index (χ3n) is 5.48. The van der Waals surface area contributed by atoms with Gasteiger partial charge in [-0.25, -0.2) is 4.98 Å². The van der Waals surface area contributed by atoms with Crippen molar-refractivity contribution in [1.29, 1.82) is 0 Å². The molecule has 0 radical (unpaired) electrons. The summed E-state index contributed by atoms with van der Waals surface area (Å²) in [6.07, 6.45) is 5.35. The van der Waals surface area contributed by atoms with E-state index in [2.05, 4.69) is 27.2 Å². The molecule has 2 aromatic carbocycles. The minimum Gasteiger partial charge on any atom is -0.497 e. The number of carbonyl (C=O) groups is 1. The Kier molecular flexibility index (Phi) is 6.69. The van der Waals surface area contributed by atoms with Gasteiger partial charge in [0.25, 0.3) is 5.91 Å². The maximum Gasteiger partial charge on any atom is 0.255 e. The van der Waals surface area contributed by atoms with E-state index in [-0.39, 0.29) is 5.91 Å². The minimum atomic E-state index is -0.263. The number of aryl methyl sites for hydroxylation is 1. The first kappa shape index (κ1) is 23.4. The normalized spacial score (nSPS) is 10.3. The Bertz CT molecular complexity index is 1440. The number of nitrogens with one attached hydrogen (secondary N) is 1. The molecule has 176 valence electrons. The highest BCUT2D eigenvalue weighted by molar-refractivity contribution is 6.05. The van der Waals surface area contributed by atoms with Crippen LogP contribution in [0, 0.1) is 18.8 Å². The number of nitrogen functional groups attached to an aromatic ring is 1. The van der Waals surface area contributed by atoms with Gasteiger partial charge in [0.15, 0.2) is 0 Å². The molecule has 0 bridgehead atoms. The van der Waals surface area contributed by atoms with Crippen LogP contribution in [0.4, 0.5) is 11.5 Å². The molecule has 3 N–H and O–H groups in total. The molecule has 4 rings (SSSR count). The number of hydrogen-bond donors (Lipinski definition) is 2. The number of rotatable bonds is 5. The zero-order valence-electron chi connectivity index (χ0n) is 19.9. The fraction of sp³-hybridized carbons (Fsp3) is 0.148. The Morgan fingerprint density at radius 2 is 1.71 bits per heavy atom. The predicted octanol–water partition coefficient (Wildman–Crippen LogP) is 4.04. The van der Waals surface area contributed by atoms with Gasteiger partial charge in [-0.05, 0) is 30.7 Å². The number of methoxy groups -OCH3 is 2. The number of amides is 1. The SMILES string of the molecule is COc1cc(NC(=O)c2cccc(C#Cc3cc(-c4cnn(C)c4)cnc3N)c2C)cc(OC)c1. The van der Waals surface area contributed by atoms with E-state index in [9.17, 15) is 4.79 Å². The van der Waals surface area contributed by atoms with Crippen LogP contribution in [-0.2, 0) is 7.05 Å². The Morgan fingerprint density at radius 3 is 2.37 bits per heavy atom. The third kappa shape index (κ3) is 5.25. The molecule has 0 aliphatic carbocycles. The van der Waals surface area contributed by atoms with Crippen molar-refractivity contribution in [3.63, 3.8) is 0 Å². The molecule has 0 aliphatic heterocycles. The van der Waals surface area contributed by atoms with Gasteiger partial charge >= 0.3 is 0 Å². The van der Waals surface area contributed by atoms with Crippen molar-refractivity contribution in [1.82, 2.24) is 14.8 Å². The molecule has 8 nitrogen and oxygen atoms in total. The van der Waals surface area contributed by atoms with Crippen LogP contribution in [0.5, 0.6) is 11.5 Å². The maximum atomic E-state index is 13.0. The summed E-state index contributed by atoms with van der Waals surface area (Å²) in [5, 5.41) is 7.10. The summed E-state index contributed by atoms with van der Waals surface area (Å²) in [5.41, 5.74) is 11.0. The average molecular weight is 468 g/mol. The quantitative estimate of drug-likeness (QED) is 0.429. The molecule has 0 saturated carbocycles. The number of anilines is 2. The van der Waals surface area contributed by atoms with Gasteiger partial charge in [0.1, 0.15) is 17.3 Å². The Balaban J connectivity index is 1.61. The summed E-state index contributed by atoms with van der Waals surface area (Å²) in [6.45, 7) is 1.86. The van der Waals surface area contributed by atoms with E-state index in [1.165, 1.54) is 0 Å². The summed E-state index contributed by atoms with van der Waals surface area (Å²) in [6, 6.07) is 12.5. The molecule has 1 amide bonds. The molecular formula is C27H25N5O3. The van der Waals surface area contributed by atoms with Gasteiger partial charge in [0.2, 0.25) is 0 Å². The second kappa shape index (κ2) is 10.0. The van der Waals surface area contributed by atoms with Crippen LogP contribution in [0.3, 0.4) is 0 Å². The van der Waals surface area contributed by atoms with Gasteiger partial charge < -0.3 is 20.5 Å². The summed E-state index contributed by atoms with van der Waals surface area (Å²) in [7, 11) is 4.97. The zero-order chi connectivity index (χ0) is 24.9. The van der Waals surface area contributed by atoms with Crippen LogP contribution >= 0.6 is 0 Å². The number of aromatic nitrogens is 3. The molecule has 8 heteroatoms. The zero-order valence-corrected chi connectivity index (χ0v) is 19.9. The Morgan fingerprint density at radius 1 is 1.00 bits per heavy atom. The molecule has 0 aliphatic rings. The summed E-state index contributed by atoms with van der Waals surface area (Å²) < 4.78 is 12.3. The van der Waals surface area contributed by atoms with Crippen molar-refractivity contribution in [2.75, 3.05) is 25.3 Å². The lowest BCUT2D eigenvalue weighted by Gasteiger charge is -2.11. The highest BCUT2D eigenvalue weighted by atomic mass is 16.5. The van der Waals surface area contributed by atoms with Gasteiger partial charge in [-0.1, -0.05) is 17.9 Å². The second-order valence-electron chi connectivity index (χ2n) is 7.84. The van der Waals surface area contributed by atoms with E-state index in [4.69, 9.17) is 15.2 Å². The van der Waals surface area contributed by atoms with Gasteiger partial charge in [0.05, 0.1) is 26.0 Å². The van der Waals surface area contributed by atoms with E-state index < -0.39 is 0 Å². The van der Waals surface area contributed by atoms with E-state index in [0.29, 0.717) is 39.7 Å². The maximum absolute atomic E-state index is 13.0. The van der Waals surface area contributed by atoms with Gasteiger partial charge in [0, 0.05) is 65.6 Å². The number of pyridine rings is 1. The fourth-order valence-corrected chi connectivity index (χ4v) is 3.53. The van der Waals surface area contributed by atoms with E-state index >= 15 is 0 Å². The monoisotopic (exact) mass is 467 g/mol. The molecule has 0 spiro atoms. The Labute approximate surface area is 203 Å². The number of ether oxygens (including phenoxy) is 2. The van der Waals surface area contributed by atoms with Crippen molar-refractivity contribution in [3.05, 3.63) is 83.3 Å². The molecule has 2 heterocycles. The van der Waals surface area contributed by atoms with Crippen molar-refractivity contribution < 1.29 is 14.3 Å². The largest absolute Gasteiger partial charge is 0.497 e. The van der Waals surface area contributed by atoms with Crippen molar-refractivity contribution in [2.45, 2.75) is 6.92 Å². The lowest BCUT2D eigenvalue weighted by molar-refractivity contribution is 0.102. The number of benzene rings is 2. The predicted molar refractivity (Wildman–Crippen MR) is 136 cm³/mol. The molecule has 0 unspecified atom stereocenters. The Hall–Kier alpha value is -4.77. The summed E-state index contributed by atoms with van der Waals surface area (Å²) in [5.74, 6) is 7.47. The highest BCUT2D eigenvalue weighted by Gasteiger charge is 2.13. The standard InChI is InChI=1S/C27H25N5O3/c1-17-18(8-9-19-10-20(14-29-26(19)28)21-15-30-32(2)16-21)6-5-7-25(17)27(33)31-22-11-23(34-3)13-24(12-22)35-4/h5-7,10-16H,1-4H3,(H2,28,29)(H,31,33). The number of hydrogen-bond acceptors (Lipinski definition) is 6. The van der Waals surface area contributed by atoms with Crippen molar-refractivity contribution in [3.8, 4) is 34.5 Å². The second-order valence-corrected chi connectivity index (χ2v) is 7.84. The van der Waals surface area contributed by atoms with Crippen LogP contribution < -0.4 is 20.5 Å². The number of nitrogens with two attached hydrogens (primary N) is 1. The van der Waals surface area contributed by atoms with Gasteiger partial charge in [-0.2, -0.15) is 5.10 Å². The van der Waals surface area contributed by atoms with E-state index in [1.807, 2.05) is 32.3 Å². The average Bonchev–Trinajstić information content (AvgIpc) is 3.30. The smallest absolute Gasteiger partial charge is 0.255 e. The molecule has 4 aromatic rings. The third-order valence-corrected chi connectivity index (χ3v) is 5.48. The van der Waals surface area contributed by atoms with Crippen LogP contribution in [0.25, 0.3) is 11.1 Å². The topological polar surface area (TPSA) is 104 Å². The molecule has 35 heavy (non-hydrogen) atoms. The molecule has 0 atom stereocenters. The molecule has 0 saturated heterocycles. The molecule has 2 aromatic heterocycles. The first-order valence-corrected chi connectivity index (χ1v) is 10.8. The lowest BCUT2D eigenvalue weighted by atomic mass is 10.0. The van der Waals surface area contributed by atoms with Gasteiger partial charge in [-0.15, -0.1) is 0 Å². The van der Waals surface area contributed by atoms with E-state index in [1.54, 1.807) is 61.6 Å². The van der Waals surface area contributed by atoms with Crippen LogP contribution in [-0.4, -0.2) is 34.9 Å². The molecular weight excluding hydrogens is 442 g/mol. The summed E-state index contributed by atoms with van der Waals surface area (Å²) in [4.78, 5) is 17.3. The van der Waals surface area contributed by atoms with Crippen LogP contribution in [0.2, 0.25) is 0 Å².